The van der Waals surface area contributed by atoms with E-state index in [0.29, 0.717) is 19.8 Å². The maximum Gasteiger partial charge on any atom is 0.323 e. The number of likely N-dealkylation sites (N-methyl/N-ethyl adjacent to an activating group) is 2. The lowest BCUT2D eigenvalue weighted by atomic mass is 10.2. The van der Waals surface area contributed by atoms with Gasteiger partial charge in [-0.1, -0.05) is 37.3 Å². The van der Waals surface area contributed by atoms with Gasteiger partial charge in [0, 0.05) is 0 Å². The van der Waals surface area contributed by atoms with Gasteiger partial charge in [0.1, 0.15) is 12.6 Å². The summed E-state index contributed by atoms with van der Waals surface area (Å²) in [5.74, 6) is -0.104. The Morgan fingerprint density at radius 2 is 2.13 bits per heavy atom. The molecule has 23 heavy (non-hydrogen) atoms. The van der Waals surface area contributed by atoms with Crippen LogP contribution >= 0.6 is 0 Å². The van der Waals surface area contributed by atoms with Gasteiger partial charge in [0.05, 0.1) is 19.3 Å². The van der Waals surface area contributed by atoms with Crippen LogP contribution in [0.1, 0.15) is 25.3 Å². The van der Waals surface area contributed by atoms with Crippen LogP contribution in [0.4, 0.5) is 0 Å². The molecule has 0 aliphatic carbocycles. The van der Waals surface area contributed by atoms with Crippen LogP contribution in [0.3, 0.4) is 0 Å². The van der Waals surface area contributed by atoms with Crippen LogP contribution in [0.15, 0.2) is 30.3 Å². The van der Waals surface area contributed by atoms with E-state index >= 15 is 0 Å². The Morgan fingerprint density at radius 3 is 2.83 bits per heavy atom. The van der Waals surface area contributed by atoms with Crippen molar-refractivity contribution < 1.29 is 14.3 Å². The fraction of sp³-hybridized carbons (Fsp3) is 0.611. The average Bonchev–Trinajstić information content (AvgIpc) is 3.07. The van der Waals surface area contributed by atoms with Gasteiger partial charge in [0.25, 0.3) is 0 Å². The lowest BCUT2D eigenvalue weighted by Crippen LogP contribution is -2.41. The number of hydrogen-bond donors (Lipinski definition) is 1. The molecule has 128 valence electrons. The van der Waals surface area contributed by atoms with E-state index in [0.717, 1.165) is 31.5 Å². The predicted molar refractivity (Wildman–Crippen MR) is 90.2 cm³/mol. The summed E-state index contributed by atoms with van der Waals surface area (Å²) in [7, 11) is 1.86. The second kappa shape index (κ2) is 9.65. The van der Waals surface area contributed by atoms with Gasteiger partial charge in [0.15, 0.2) is 0 Å². The van der Waals surface area contributed by atoms with Crippen LogP contribution in [-0.4, -0.2) is 56.3 Å². The van der Waals surface area contributed by atoms with Crippen LogP contribution < -0.4 is 5.32 Å². The Balaban J connectivity index is 1.69. The maximum atomic E-state index is 12.2. The van der Waals surface area contributed by atoms with Crippen molar-refractivity contribution in [1.29, 1.82) is 0 Å². The molecule has 1 aliphatic heterocycles. The lowest BCUT2D eigenvalue weighted by Gasteiger charge is -2.23. The first-order valence-electron chi connectivity index (χ1n) is 8.44. The summed E-state index contributed by atoms with van der Waals surface area (Å²) in [6.07, 6.45) is 1.98. The van der Waals surface area contributed by atoms with Crippen molar-refractivity contribution in [3.63, 3.8) is 0 Å². The van der Waals surface area contributed by atoms with Crippen molar-refractivity contribution in [2.75, 3.05) is 33.4 Å². The molecule has 5 heteroatoms. The summed E-state index contributed by atoms with van der Waals surface area (Å²) in [5.41, 5.74) is 1.14. The van der Waals surface area contributed by atoms with Gasteiger partial charge in [0.2, 0.25) is 0 Å². The van der Waals surface area contributed by atoms with Crippen LogP contribution in [-0.2, 0) is 20.9 Å². The summed E-state index contributed by atoms with van der Waals surface area (Å²) in [6.45, 7) is 5.40. The van der Waals surface area contributed by atoms with Gasteiger partial charge in [-0.2, -0.15) is 0 Å². The van der Waals surface area contributed by atoms with Crippen molar-refractivity contribution >= 4 is 5.97 Å². The predicted octanol–water partition coefficient (Wildman–Crippen LogP) is 1.82. The van der Waals surface area contributed by atoms with Crippen LogP contribution in [0.5, 0.6) is 0 Å². The molecule has 1 fully saturated rings. The van der Waals surface area contributed by atoms with E-state index in [1.165, 1.54) is 0 Å². The smallest absolute Gasteiger partial charge is 0.323 e. The quantitative estimate of drug-likeness (QED) is 0.703. The van der Waals surface area contributed by atoms with Crippen molar-refractivity contribution in [1.82, 2.24) is 10.2 Å². The fourth-order valence-corrected chi connectivity index (χ4v) is 2.86. The molecule has 0 saturated carbocycles. The van der Waals surface area contributed by atoms with Gasteiger partial charge in [-0.15, -0.1) is 0 Å². The molecule has 0 bridgehead atoms. The Bertz CT molecular complexity index is 467. The molecule has 2 atom stereocenters. The highest BCUT2D eigenvalue weighted by Crippen LogP contribution is 2.17. The number of nitrogens with one attached hydrogen (secondary N) is 1. The van der Waals surface area contributed by atoms with Gasteiger partial charge in [-0.25, -0.2) is 0 Å². The van der Waals surface area contributed by atoms with Crippen LogP contribution in [0.25, 0.3) is 0 Å². The third kappa shape index (κ3) is 5.61. The Labute approximate surface area is 139 Å². The highest BCUT2D eigenvalue weighted by molar-refractivity contribution is 5.76. The summed E-state index contributed by atoms with van der Waals surface area (Å²) in [4.78, 5) is 14.4. The van der Waals surface area contributed by atoms with Crippen LogP contribution in [0.2, 0.25) is 0 Å². The molecule has 0 spiro atoms. The minimum Gasteiger partial charge on any atom is -0.463 e. The highest BCUT2D eigenvalue weighted by Gasteiger charge is 2.31. The summed E-state index contributed by atoms with van der Waals surface area (Å²) < 4.78 is 11.2. The molecule has 2 unspecified atom stereocenters. The molecule has 0 amide bonds. The van der Waals surface area contributed by atoms with E-state index in [1.807, 2.05) is 37.4 Å². The maximum absolute atomic E-state index is 12.2. The van der Waals surface area contributed by atoms with E-state index in [9.17, 15) is 4.79 Å². The molecule has 1 aromatic carbocycles. The zero-order valence-corrected chi connectivity index (χ0v) is 14.2. The van der Waals surface area contributed by atoms with Crippen molar-refractivity contribution in [3.05, 3.63) is 35.9 Å². The summed E-state index contributed by atoms with van der Waals surface area (Å²) in [6, 6.07) is 10.00. The normalized spacial score (nSPS) is 19.7. The largest absolute Gasteiger partial charge is 0.463 e. The number of carbonyl (C=O) groups excluding carboxylic acids is 1. The zero-order valence-electron chi connectivity index (χ0n) is 14.2. The molecule has 1 N–H and O–H groups in total. The Kier molecular flexibility index (Phi) is 7.52. The minimum atomic E-state index is -0.104. The molecule has 0 aromatic heterocycles. The highest BCUT2D eigenvalue weighted by atomic mass is 16.5. The molecule has 1 heterocycles. The van der Waals surface area contributed by atoms with Crippen molar-refractivity contribution in [2.24, 2.45) is 0 Å². The average molecular weight is 320 g/mol. The number of carbonyl (C=O) groups is 1. The van der Waals surface area contributed by atoms with Crippen LogP contribution in [0, 0.1) is 0 Å². The third-order valence-electron chi connectivity index (χ3n) is 4.31. The molecular formula is C18H28N2O3. The number of nitrogens with zero attached hydrogens (tertiary/aromatic N) is 1. The van der Waals surface area contributed by atoms with Gasteiger partial charge in [-0.05, 0) is 38.5 Å². The zero-order chi connectivity index (χ0) is 16.5. The van der Waals surface area contributed by atoms with E-state index in [2.05, 4.69) is 17.1 Å². The number of esters is 1. The standard InChI is InChI=1S/C18H28N2O3/c1-3-20-11-7-10-17(20)18(21)23-14-16(19-2)13-22-12-15-8-5-4-6-9-15/h4-6,8-9,16-17,19H,3,7,10-14H2,1-2H3. The van der Waals surface area contributed by atoms with E-state index in [-0.39, 0.29) is 18.1 Å². The molecule has 5 nitrogen and oxygen atoms in total. The van der Waals surface area contributed by atoms with E-state index in [1.54, 1.807) is 0 Å². The summed E-state index contributed by atoms with van der Waals surface area (Å²) >= 11 is 0. The third-order valence-corrected chi connectivity index (χ3v) is 4.31. The number of likely N-dealkylation sites (tertiary alicyclic amines) is 1. The summed E-state index contributed by atoms with van der Waals surface area (Å²) in [5, 5.41) is 3.14. The Hall–Kier alpha value is -1.43. The number of hydrogen-bond acceptors (Lipinski definition) is 5. The topological polar surface area (TPSA) is 50.8 Å². The SMILES string of the molecule is CCN1CCCC1C(=O)OCC(COCc1ccccc1)NC. The van der Waals surface area contributed by atoms with Crippen molar-refractivity contribution in [3.8, 4) is 0 Å². The van der Waals surface area contributed by atoms with Crippen molar-refractivity contribution in [2.45, 2.75) is 38.5 Å². The first kappa shape index (κ1) is 17.9. The number of benzene rings is 1. The molecule has 1 saturated heterocycles. The first-order valence-corrected chi connectivity index (χ1v) is 8.44. The fourth-order valence-electron chi connectivity index (χ4n) is 2.86. The molecular weight excluding hydrogens is 292 g/mol. The molecule has 0 radical (unpaired) electrons. The van der Waals surface area contributed by atoms with E-state index in [4.69, 9.17) is 9.47 Å². The van der Waals surface area contributed by atoms with Gasteiger partial charge < -0.3 is 14.8 Å². The van der Waals surface area contributed by atoms with Gasteiger partial charge in [-0.3, -0.25) is 9.69 Å². The lowest BCUT2D eigenvalue weighted by molar-refractivity contribution is -0.150. The second-order valence-corrected chi connectivity index (χ2v) is 5.90. The molecule has 2 rings (SSSR count). The van der Waals surface area contributed by atoms with Gasteiger partial charge >= 0.3 is 5.97 Å². The monoisotopic (exact) mass is 320 g/mol. The number of ether oxygens (including phenoxy) is 2. The second-order valence-electron chi connectivity index (χ2n) is 5.90. The van der Waals surface area contributed by atoms with E-state index < -0.39 is 0 Å². The Morgan fingerprint density at radius 1 is 1.35 bits per heavy atom. The first-order chi connectivity index (χ1) is 11.2. The molecule has 1 aliphatic rings. The number of rotatable bonds is 9. The molecule has 1 aromatic rings. The minimum absolute atomic E-state index is 0.0131.